The van der Waals surface area contributed by atoms with Crippen molar-refractivity contribution in [3.05, 3.63) is 23.8 Å². The Morgan fingerprint density at radius 1 is 1.10 bits per heavy atom. The minimum atomic E-state index is 0.551. The van der Waals surface area contributed by atoms with E-state index < -0.39 is 0 Å². The van der Waals surface area contributed by atoms with E-state index in [0.29, 0.717) is 31.1 Å². The molecule has 0 spiro atoms. The molecule has 0 amide bonds. The summed E-state index contributed by atoms with van der Waals surface area (Å²) in [6.45, 7) is 5.39. The first-order valence-corrected chi connectivity index (χ1v) is 7.28. The number of ether oxygens (including phenoxy) is 3. The molecule has 0 aromatic heterocycles. The Balaban J connectivity index is 1.65. The van der Waals surface area contributed by atoms with Crippen molar-refractivity contribution in [2.45, 2.75) is 6.42 Å². The van der Waals surface area contributed by atoms with Gasteiger partial charge in [0.2, 0.25) is 0 Å². The van der Waals surface area contributed by atoms with Crippen LogP contribution in [0, 0.1) is 0 Å². The Morgan fingerprint density at radius 2 is 1.86 bits per heavy atom. The number of fused-ring (bicyclic) bond motifs is 1. The van der Waals surface area contributed by atoms with Gasteiger partial charge in [0.15, 0.2) is 11.5 Å². The lowest BCUT2D eigenvalue weighted by Gasteiger charge is -2.26. The van der Waals surface area contributed by atoms with Crippen LogP contribution in [0.1, 0.15) is 12.0 Å². The van der Waals surface area contributed by atoms with E-state index in [2.05, 4.69) is 10.1 Å². The van der Waals surface area contributed by atoms with Gasteiger partial charge in [-0.05, 0) is 18.2 Å². The summed E-state index contributed by atoms with van der Waals surface area (Å²) in [5.74, 6) is 1.46. The summed E-state index contributed by atoms with van der Waals surface area (Å²) < 4.78 is 16.4. The van der Waals surface area contributed by atoms with E-state index in [9.17, 15) is 5.21 Å². The Labute approximate surface area is 123 Å². The molecule has 2 aliphatic heterocycles. The van der Waals surface area contributed by atoms with Gasteiger partial charge in [0.1, 0.15) is 13.2 Å². The molecule has 6 nitrogen and oxygen atoms in total. The van der Waals surface area contributed by atoms with E-state index in [1.165, 1.54) is 0 Å². The Hall–Kier alpha value is -1.79. The summed E-state index contributed by atoms with van der Waals surface area (Å²) in [4.78, 5) is 2.31. The number of nitrogens with zero attached hydrogens (tertiary/aromatic N) is 2. The van der Waals surface area contributed by atoms with E-state index in [4.69, 9.17) is 14.2 Å². The molecule has 0 saturated carbocycles. The lowest BCUT2D eigenvalue weighted by molar-refractivity contribution is 0.0391. The molecule has 0 unspecified atom stereocenters. The average molecular weight is 292 g/mol. The van der Waals surface area contributed by atoms with Gasteiger partial charge < -0.3 is 19.4 Å². The van der Waals surface area contributed by atoms with Gasteiger partial charge in [0.05, 0.1) is 18.9 Å². The van der Waals surface area contributed by atoms with E-state index in [-0.39, 0.29) is 0 Å². The Bertz CT molecular complexity index is 512. The SMILES string of the molecule is O/N=C(\CCN1CCOCC1)c1ccc2c(c1)OCCO2. The zero-order valence-corrected chi connectivity index (χ0v) is 12.0. The number of morpholine rings is 1. The molecule has 6 heteroatoms. The predicted octanol–water partition coefficient (Wildman–Crippen LogP) is 1.36. The van der Waals surface area contributed by atoms with Crippen LogP contribution < -0.4 is 9.47 Å². The molecule has 0 bridgehead atoms. The van der Waals surface area contributed by atoms with Crippen LogP contribution >= 0.6 is 0 Å². The molecule has 1 fully saturated rings. The van der Waals surface area contributed by atoms with Crippen molar-refractivity contribution in [1.29, 1.82) is 0 Å². The lowest BCUT2D eigenvalue weighted by Crippen LogP contribution is -2.37. The first-order chi connectivity index (χ1) is 10.4. The second kappa shape index (κ2) is 6.78. The molecule has 1 aromatic rings. The van der Waals surface area contributed by atoms with E-state index in [1.807, 2.05) is 18.2 Å². The second-order valence-electron chi connectivity index (χ2n) is 5.11. The van der Waals surface area contributed by atoms with Gasteiger partial charge in [-0.25, -0.2) is 0 Å². The molecule has 0 radical (unpaired) electrons. The first kappa shape index (κ1) is 14.2. The normalized spacial score (nSPS) is 19.5. The van der Waals surface area contributed by atoms with E-state index >= 15 is 0 Å². The molecule has 1 aromatic carbocycles. The van der Waals surface area contributed by atoms with Crippen molar-refractivity contribution in [3.63, 3.8) is 0 Å². The maximum atomic E-state index is 9.29. The van der Waals surface area contributed by atoms with Crippen molar-refractivity contribution in [3.8, 4) is 11.5 Å². The van der Waals surface area contributed by atoms with Gasteiger partial charge in [-0.1, -0.05) is 5.16 Å². The van der Waals surface area contributed by atoms with Crippen LogP contribution in [0.2, 0.25) is 0 Å². The Morgan fingerprint density at radius 3 is 2.62 bits per heavy atom. The van der Waals surface area contributed by atoms with E-state index in [0.717, 1.165) is 44.2 Å². The molecule has 114 valence electrons. The van der Waals surface area contributed by atoms with Crippen LogP contribution in [0.3, 0.4) is 0 Å². The van der Waals surface area contributed by atoms with Crippen molar-refractivity contribution < 1.29 is 19.4 Å². The molecule has 3 rings (SSSR count). The van der Waals surface area contributed by atoms with Crippen LogP contribution in [0.5, 0.6) is 11.5 Å². The molecule has 2 heterocycles. The highest BCUT2D eigenvalue weighted by atomic mass is 16.6. The summed E-state index contributed by atoms with van der Waals surface area (Å²) in [5.41, 5.74) is 1.54. The fourth-order valence-corrected chi connectivity index (χ4v) is 2.56. The molecule has 1 saturated heterocycles. The summed E-state index contributed by atoms with van der Waals surface area (Å²) in [6.07, 6.45) is 0.691. The van der Waals surface area contributed by atoms with Gasteiger partial charge in [-0.15, -0.1) is 0 Å². The van der Waals surface area contributed by atoms with Crippen molar-refractivity contribution in [1.82, 2.24) is 4.90 Å². The second-order valence-corrected chi connectivity index (χ2v) is 5.11. The average Bonchev–Trinajstić information content (AvgIpc) is 2.56. The topological polar surface area (TPSA) is 63.5 Å². The minimum Gasteiger partial charge on any atom is -0.486 e. The molecule has 1 N–H and O–H groups in total. The number of hydrogen-bond donors (Lipinski definition) is 1. The number of hydrogen-bond acceptors (Lipinski definition) is 6. The van der Waals surface area contributed by atoms with Gasteiger partial charge in [-0.2, -0.15) is 0 Å². The highest BCUT2D eigenvalue weighted by Gasteiger charge is 2.16. The van der Waals surface area contributed by atoms with Crippen molar-refractivity contribution in [2.24, 2.45) is 5.16 Å². The highest BCUT2D eigenvalue weighted by Crippen LogP contribution is 2.31. The predicted molar refractivity (Wildman–Crippen MR) is 77.6 cm³/mol. The minimum absolute atomic E-state index is 0.551. The van der Waals surface area contributed by atoms with E-state index in [1.54, 1.807) is 0 Å². The Kier molecular flexibility index (Phi) is 4.57. The quantitative estimate of drug-likeness (QED) is 0.516. The van der Waals surface area contributed by atoms with Crippen molar-refractivity contribution >= 4 is 5.71 Å². The third kappa shape index (κ3) is 3.46. The standard InChI is InChI=1S/C15H20N2O4/c18-16-13(3-4-17-5-7-19-8-6-17)12-1-2-14-15(11-12)21-10-9-20-14/h1-2,11,18H,3-10H2/b16-13+. The fraction of sp³-hybridized carbons (Fsp3) is 0.533. The van der Waals surface area contributed by atoms with Crippen LogP contribution in [0.4, 0.5) is 0 Å². The monoisotopic (exact) mass is 292 g/mol. The summed E-state index contributed by atoms with van der Waals surface area (Å²) in [5, 5.41) is 12.7. The number of oxime groups is 1. The molecule has 21 heavy (non-hydrogen) atoms. The van der Waals surface area contributed by atoms with Gasteiger partial charge in [0.25, 0.3) is 0 Å². The zero-order valence-electron chi connectivity index (χ0n) is 12.0. The third-order valence-electron chi connectivity index (χ3n) is 3.76. The van der Waals surface area contributed by atoms with Gasteiger partial charge in [0, 0.05) is 31.6 Å². The zero-order chi connectivity index (χ0) is 14.5. The smallest absolute Gasteiger partial charge is 0.162 e. The van der Waals surface area contributed by atoms with Gasteiger partial charge >= 0.3 is 0 Å². The largest absolute Gasteiger partial charge is 0.486 e. The molecule has 0 aliphatic carbocycles. The highest BCUT2D eigenvalue weighted by molar-refractivity contribution is 6.00. The first-order valence-electron chi connectivity index (χ1n) is 7.28. The molecule has 2 aliphatic rings. The number of rotatable bonds is 4. The lowest BCUT2D eigenvalue weighted by atomic mass is 10.1. The fourth-order valence-electron chi connectivity index (χ4n) is 2.56. The summed E-state index contributed by atoms with van der Waals surface area (Å²) >= 11 is 0. The molecular weight excluding hydrogens is 272 g/mol. The summed E-state index contributed by atoms with van der Waals surface area (Å²) in [7, 11) is 0. The van der Waals surface area contributed by atoms with Crippen LogP contribution in [-0.4, -0.2) is 61.9 Å². The van der Waals surface area contributed by atoms with Crippen molar-refractivity contribution in [2.75, 3.05) is 46.1 Å². The third-order valence-corrected chi connectivity index (χ3v) is 3.76. The molecular formula is C15H20N2O4. The van der Waals surface area contributed by atoms with Crippen LogP contribution in [0.15, 0.2) is 23.4 Å². The van der Waals surface area contributed by atoms with Crippen LogP contribution in [0.25, 0.3) is 0 Å². The van der Waals surface area contributed by atoms with Gasteiger partial charge in [-0.3, -0.25) is 4.90 Å². The maximum Gasteiger partial charge on any atom is 0.162 e. The van der Waals surface area contributed by atoms with Crippen LogP contribution in [-0.2, 0) is 4.74 Å². The number of benzene rings is 1. The summed E-state index contributed by atoms with van der Waals surface area (Å²) in [6, 6.07) is 5.65. The maximum absolute atomic E-state index is 9.29. The molecule has 0 atom stereocenters.